The smallest absolute Gasteiger partial charge is 0.255 e. The van der Waals surface area contributed by atoms with Gasteiger partial charge in [-0.25, -0.2) is 0 Å². The van der Waals surface area contributed by atoms with Crippen LogP contribution >= 0.6 is 0 Å². The summed E-state index contributed by atoms with van der Waals surface area (Å²) >= 11 is 0. The molecule has 2 N–H and O–H groups in total. The van der Waals surface area contributed by atoms with E-state index in [1.807, 2.05) is 12.1 Å². The number of aromatic nitrogens is 2. The highest BCUT2D eigenvalue weighted by Crippen LogP contribution is 2.20. The van der Waals surface area contributed by atoms with Crippen molar-refractivity contribution in [1.29, 1.82) is 0 Å². The van der Waals surface area contributed by atoms with Gasteiger partial charge in [0.2, 0.25) is 0 Å². The largest absolute Gasteiger partial charge is 0.321 e. The van der Waals surface area contributed by atoms with Crippen LogP contribution in [-0.2, 0) is 0 Å². The number of hydrogen-bond donors (Lipinski definition) is 2. The van der Waals surface area contributed by atoms with Crippen molar-refractivity contribution in [1.82, 2.24) is 9.97 Å². The van der Waals surface area contributed by atoms with Crippen molar-refractivity contribution in [3.63, 3.8) is 0 Å². The van der Waals surface area contributed by atoms with Crippen molar-refractivity contribution in [3.8, 4) is 0 Å². The number of hydrogen-bond acceptors (Lipinski definition) is 4. The highest BCUT2D eigenvalue weighted by Gasteiger charge is 2.10. The van der Waals surface area contributed by atoms with Gasteiger partial charge in [-0.3, -0.25) is 19.6 Å². The Labute approximate surface area is 161 Å². The van der Waals surface area contributed by atoms with Gasteiger partial charge in [-0.05, 0) is 59.3 Å². The van der Waals surface area contributed by atoms with Gasteiger partial charge in [0.25, 0.3) is 11.8 Å². The SMILES string of the molecule is O=C(Nc1cccnc1)c1ccc2cc(C(=O)Nc3cccnc3)ccc2c1. The number of anilines is 2. The molecule has 2 aromatic heterocycles. The fourth-order valence-electron chi connectivity index (χ4n) is 2.81. The lowest BCUT2D eigenvalue weighted by atomic mass is 10.0. The predicted octanol–water partition coefficient (Wildman–Crippen LogP) is 4.13. The van der Waals surface area contributed by atoms with Crippen LogP contribution in [0.25, 0.3) is 10.8 Å². The van der Waals surface area contributed by atoms with E-state index in [0.29, 0.717) is 22.5 Å². The van der Waals surface area contributed by atoms with E-state index in [0.717, 1.165) is 10.8 Å². The molecule has 0 atom stereocenters. The molecule has 0 unspecified atom stereocenters. The van der Waals surface area contributed by atoms with E-state index < -0.39 is 0 Å². The molecular weight excluding hydrogens is 352 g/mol. The third-order valence-electron chi connectivity index (χ3n) is 4.20. The van der Waals surface area contributed by atoms with Crippen LogP contribution in [0.1, 0.15) is 20.7 Å². The van der Waals surface area contributed by atoms with Gasteiger partial charge in [-0.2, -0.15) is 0 Å². The number of nitrogens with one attached hydrogen (secondary N) is 2. The molecule has 0 saturated carbocycles. The van der Waals surface area contributed by atoms with Crippen LogP contribution in [0.2, 0.25) is 0 Å². The van der Waals surface area contributed by atoms with Gasteiger partial charge < -0.3 is 10.6 Å². The highest BCUT2D eigenvalue weighted by atomic mass is 16.2. The summed E-state index contributed by atoms with van der Waals surface area (Å²) in [6, 6.07) is 17.8. The van der Waals surface area contributed by atoms with Crippen LogP contribution in [0.15, 0.2) is 85.5 Å². The van der Waals surface area contributed by atoms with Gasteiger partial charge in [-0.1, -0.05) is 12.1 Å². The molecule has 2 aromatic carbocycles. The Hall–Kier alpha value is -4.06. The highest BCUT2D eigenvalue weighted by molar-refractivity contribution is 6.08. The molecule has 0 radical (unpaired) electrons. The molecule has 6 heteroatoms. The molecule has 2 amide bonds. The first-order valence-corrected chi connectivity index (χ1v) is 8.66. The minimum absolute atomic E-state index is 0.215. The molecule has 28 heavy (non-hydrogen) atoms. The standard InChI is InChI=1S/C22H16N4O2/c27-21(25-19-3-1-9-23-13-19)17-7-5-16-12-18(8-6-15(16)11-17)22(28)26-20-4-2-10-24-14-20/h1-14H,(H,25,27)(H,26,28). The number of fused-ring (bicyclic) bond motifs is 1. The second kappa shape index (κ2) is 7.67. The van der Waals surface area contributed by atoms with Crippen LogP contribution < -0.4 is 10.6 Å². The normalized spacial score (nSPS) is 10.4. The molecule has 4 rings (SSSR count). The average Bonchev–Trinajstić information content (AvgIpc) is 2.74. The summed E-state index contributed by atoms with van der Waals surface area (Å²) in [5.74, 6) is -0.429. The summed E-state index contributed by atoms with van der Waals surface area (Å²) in [4.78, 5) is 32.8. The van der Waals surface area contributed by atoms with E-state index in [4.69, 9.17) is 0 Å². The van der Waals surface area contributed by atoms with Gasteiger partial charge in [0.15, 0.2) is 0 Å². The maximum atomic E-state index is 12.4. The Morgan fingerprint density at radius 2 is 1.11 bits per heavy atom. The molecule has 0 aliphatic heterocycles. The Morgan fingerprint density at radius 3 is 1.50 bits per heavy atom. The van der Waals surface area contributed by atoms with Gasteiger partial charge in [0.05, 0.1) is 23.8 Å². The molecule has 4 aromatic rings. The quantitative estimate of drug-likeness (QED) is 0.567. The van der Waals surface area contributed by atoms with E-state index in [-0.39, 0.29) is 11.8 Å². The molecule has 0 fully saturated rings. The van der Waals surface area contributed by atoms with Gasteiger partial charge in [-0.15, -0.1) is 0 Å². The Kier molecular flexibility index (Phi) is 4.76. The second-order valence-electron chi connectivity index (χ2n) is 6.17. The molecule has 0 saturated heterocycles. The summed E-state index contributed by atoms with van der Waals surface area (Å²) in [6.45, 7) is 0. The number of carbonyl (C=O) groups is 2. The molecular formula is C22H16N4O2. The monoisotopic (exact) mass is 368 g/mol. The maximum Gasteiger partial charge on any atom is 0.255 e. The first-order chi connectivity index (χ1) is 13.7. The molecule has 0 aliphatic rings. The van der Waals surface area contributed by atoms with Crippen LogP contribution in [0.4, 0.5) is 11.4 Å². The van der Waals surface area contributed by atoms with E-state index in [2.05, 4.69) is 20.6 Å². The number of nitrogens with zero attached hydrogens (tertiary/aromatic N) is 2. The molecule has 0 spiro atoms. The zero-order valence-electron chi connectivity index (χ0n) is 14.8. The fourth-order valence-corrected chi connectivity index (χ4v) is 2.81. The third kappa shape index (κ3) is 3.86. The molecule has 0 bridgehead atoms. The minimum Gasteiger partial charge on any atom is -0.321 e. The van der Waals surface area contributed by atoms with E-state index in [1.165, 1.54) is 0 Å². The van der Waals surface area contributed by atoms with Crippen molar-refractivity contribution in [2.45, 2.75) is 0 Å². The van der Waals surface area contributed by atoms with Crippen LogP contribution in [0.3, 0.4) is 0 Å². The number of carbonyl (C=O) groups excluding carboxylic acids is 2. The topological polar surface area (TPSA) is 84.0 Å². The van der Waals surface area contributed by atoms with Gasteiger partial charge in [0.1, 0.15) is 0 Å². The molecule has 0 aliphatic carbocycles. The first kappa shape index (κ1) is 17.4. The Bertz CT molecular complexity index is 1050. The van der Waals surface area contributed by atoms with Gasteiger partial charge in [0, 0.05) is 23.5 Å². The summed E-state index contributed by atoms with van der Waals surface area (Å²) in [7, 11) is 0. The third-order valence-corrected chi connectivity index (χ3v) is 4.20. The predicted molar refractivity (Wildman–Crippen MR) is 108 cm³/mol. The summed E-state index contributed by atoms with van der Waals surface area (Å²) < 4.78 is 0. The van der Waals surface area contributed by atoms with Crippen molar-refractivity contribution < 1.29 is 9.59 Å². The van der Waals surface area contributed by atoms with Gasteiger partial charge >= 0.3 is 0 Å². The second-order valence-corrected chi connectivity index (χ2v) is 6.17. The van der Waals surface area contributed by atoms with E-state index >= 15 is 0 Å². The zero-order chi connectivity index (χ0) is 19.3. The summed E-state index contributed by atoms with van der Waals surface area (Å²) in [6.07, 6.45) is 6.47. The minimum atomic E-state index is -0.215. The molecule has 6 nitrogen and oxygen atoms in total. The lowest BCUT2D eigenvalue weighted by Gasteiger charge is -2.08. The van der Waals surface area contributed by atoms with Crippen molar-refractivity contribution in [2.24, 2.45) is 0 Å². The summed E-state index contributed by atoms with van der Waals surface area (Å²) in [5, 5.41) is 7.36. The molecule has 2 heterocycles. The van der Waals surface area contributed by atoms with Crippen LogP contribution in [0, 0.1) is 0 Å². The lowest BCUT2D eigenvalue weighted by Crippen LogP contribution is -2.12. The average molecular weight is 368 g/mol. The molecule has 136 valence electrons. The van der Waals surface area contributed by atoms with E-state index in [9.17, 15) is 9.59 Å². The number of pyridine rings is 2. The Balaban J connectivity index is 1.54. The fraction of sp³-hybridized carbons (Fsp3) is 0. The lowest BCUT2D eigenvalue weighted by molar-refractivity contribution is 0.101. The number of amides is 2. The van der Waals surface area contributed by atoms with E-state index in [1.54, 1.807) is 73.3 Å². The van der Waals surface area contributed by atoms with Crippen LogP contribution in [-0.4, -0.2) is 21.8 Å². The Morgan fingerprint density at radius 1 is 0.643 bits per heavy atom. The van der Waals surface area contributed by atoms with Crippen molar-refractivity contribution in [3.05, 3.63) is 96.6 Å². The number of benzene rings is 2. The zero-order valence-corrected chi connectivity index (χ0v) is 14.8. The first-order valence-electron chi connectivity index (χ1n) is 8.66. The van der Waals surface area contributed by atoms with Crippen molar-refractivity contribution in [2.75, 3.05) is 10.6 Å². The maximum absolute atomic E-state index is 12.4. The summed E-state index contributed by atoms with van der Waals surface area (Å²) in [5.41, 5.74) is 2.33. The van der Waals surface area contributed by atoms with Crippen LogP contribution in [0.5, 0.6) is 0 Å². The number of rotatable bonds is 4. The van der Waals surface area contributed by atoms with Crippen molar-refractivity contribution >= 4 is 34.0 Å².